The van der Waals surface area contributed by atoms with Crippen LogP contribution in [0.25, 0.3) is 0 Å². The molecular weight excluding hydrogens is 239 g/mol. The Labute approximate surface area is 103 Å². The Bertz CT molecular complexity index is 504. The molecule has 2 aromatic rings. The molecule has 1 aromatic carbocycles. The van der Waals surface area contributed by atoms with Gasteiger partial charge in [0.1, 0.15) is 23.3 Å². The van der Waals surface area contributed by atoms with Crippen LogP contribution in [0.15, 0.2) is 41.8 Å². The number of nitrogens with zero attached hydrogens (tertiary/aromatic N) is 2. The first-order valence-corrected chi connectivity index (χ1v) is 6.22. The standard InChI is InChI=1S/C12H11FN2OS/c1-17-12-10(6-14-7-15-12)11(16)8-2-4-9(13)5-3-8/h2-7,11,16H,1H3. The maximum Gasteiger partial charge on any atom is 0.123 e. The minimum atomic E-state index is -0.834. The maximum absolute atomic E-state index is 12.8. The first-order chi connectivity index (χ1) is 8.22. The lowest BCUT2D eigenvalue weighted by atomic mass is 10.0. The molecule has 1 atom stereocenters. The molecule has 0 saturated heterocycles. The molecule has 0 saturated carbocycles. The predicted octanol–water partition coefficient (Wildman–Crippen LogP) is 2.42. The number of halogens is 1. The molecular formula is C12H11FN2OS. The van der Waals surface area contributed by atoms with Gasteiger partial charge in [0.15, 0.2) is 0 Å². The highest BCUT2D eigenvalue weighted by Crippen LogP contribution is 2.27. The molecule has 1 aromatic heterocycles. The van der Waals surface area contributed by atoms with Gasteiger partial charge in [0.05, 0.1) is 0 Å². The van der Waals surface area contributed by atoms with Crippen LogP contribution in [-0.2, 0) is 0 Å². The van der Waals surface area contributed by atoms with Crippen molar-refractivity contribution in [2.75, 3.05) is 6.26 Å². The van der Waals surface area contributed by atoms with E-state index in [-0.39, 0.29) is 5.82 Å². The summed E-state index contributed by atoms with van der Waals surface area (Å²) in [6.45, 7) is 0. The second kappa shape index (κ2) is 5.25. The van der Waals surface area contributed by atoms with E-state index in [1.165, 1.54) is 30.2 Å². The summed E-state index contributed by atoms with van der Waals surface area (Å²) in [4.78, 5) is 7.98. The molecule has 0 aliphatic heterocycles. The molecule has 1 N–H and O–H groups in total. The highest BCUT2D eigenvalue weighted by atomic mass is 32.2. The lowest BCUT2D eigenvalue weighted by Gasteiger charge is -2.13. The van der Waals surface area contributed by atoms with E-state index in [1.807, 2.05) is 6.26 Å². The number of aromatic nitrogens is 2. The third-order valence-corrected chi connectivity index (χ3v) is 3.10. The Hall–Kier alpha value is -1.46. The molecule has 0 amide bonds. The summed E-state index contributed by atoms with van der Waals surface area (Å²) in [7, 11) is 0. The van der Waals surface area contributed by atoms with Crippen molar-refractivity contribution in [2.45, 2.75) is 11.1 Å². The van der Waals surface area contributed by atoms with Crippen molar-refractivity contribution in [3.05, 3.63) is 53.7 Å². The number of hydrogen-bond donors (Lipinski definition) is 1. The second-order valence-electron chi connectivity index (χ2n) is 3.44. The average Bonchev–Trinajstić information content (AvgIpc) is 2.39. The van der Waals surface area contributed by atoms with Crippen LogP contribution in [-0.4, -0.2) is 21.3 Å². The van der Waals surface area contributed by atoms with Crippen molar-refractivity contribution in [1.82, 2.24) is 9.97 Å². The first kappa shape index (κ1) is 12.0. The highest BCUT2D eigenvalue weighted by Gasteiger charge is 2.15. The van der Waals surface area contributed by atoms with Gasteiger partial charge in [-0.3, -0.25) is 0 Å². The molecule has 3 nitrogen and oxygen atoms in total. The molecule has 0 fully saturated rings. The van der Waals surface area contributed by atoms with Crippen LogP contribution in [0.4, 0.5) is 4.39 Å². The van der Waals surface area contributed by atoms with Gasteiger partial charge in [-0.2, -0.15) is 0 Å². The van der Waals surface area contributed by atoms with E-state index in [9.17, 15) is 9.50 Å². The molecule has 0 bridgehead atoms. The second-order valence-corrected chi connectivity index (χ2v) is 4.24. The van der Waals surface area contributed by atoms with Gasteiger partial charge in [0.25, 0.3) is 0 Å². The first-order valence-electron chi connectivity index (χ1n) is 5.00. The molecule has 0 spiro atoms. The van der Waals surface area contributed by atoms with Crippen LogP contribution in [0.3, 0.4) is 0 Å². The Morgan fingerprint density at radius 1 is 1.29 bits per heavy atom. The van der Waals surface area contributed by atoms with Gasteiger partial charge in [-0.05, 0) is 24.0 Å². The van der Waals surface area contributed by atoms with E-state index in [2.05, 4.69) is 9.97 Å². The summed E-state index contributed by atoms with van der Waals surface area (Å²) in [6.07, 6.45) is 4.06. The van der Waals surface area contributed by atoms with Crippen molar-refractivity contribution in [3.63, 3.8) is 0 Å². The van der Waals surface area contributed by atoms with Crippen molar-refractivity contribution in [3.8, 4) is 0 Å². The van der Waals surface area contributed by atoms with Crippen LogP contribution in [0.5, 0.6) is 0 Å². The van der Waals surface area contributed by atoms with Crippen molar-refractivity contribution in [1.29, 1.82) is 0 Å². The molecule has 17 heavy (non-hydrogen) atoms. The van der Waals surface area contributed by atoms with Gasteiger partial charge < -0.3 is 5.11 Å². The van der Waals surface area contributed by atoms with Gasteiger partial charge in [-0.25, -0.2) is 14.4 Å². The Balaban J connectivity index is 2.36. The molecule has 0 aliphatic rings. The van der Waals surface area contributed by atoms with Gasteiger partial charge in [-0.15, -0.1) is 11.8 Å². The topological polar surface area (TPSA) is 46.0 Å². The minimum absolute atomic E-state index is 0.324. The number of aliphatic hydroxyl groups excluding tert-OH is 1. The molecule has 0 aliphatic carbocycles. The van der Waals surface area contributed by atoms with Gasteiger partial charge in [-0.1, -0.05) is 12.1 Å². The Morgan fingerprint density at radius 3 is 2.65 bits per heavy atom. The lowest BCUT2D eigenvalue weighted by molar-refractivity contribution is 0.216. The molecule has 88 valence electrons. The molecule has 1 unspecified atom stereocenters. The number of aliphatic hydroxyl groups is 1. The molecule has 5 heteroatoms. The van der Waals surface area contributed by atoms with Crippen LogP contribution in [0.1, 0.15) is 17.2 Å². The summed E-state index contributed by atoms with van der Waals surface area (Å²) in [5, 5.41) is 10.9. The van der Waals surface area contributed by atoms with E-state index in [0.29, 0.717) is 11.1 Å². The van der Waals surface area contributed by atoms with Crippen molar-refractivity contribution < 1.29 is 9.50 Å². The average molecular weight is 250 g/mol. The summed E-state index contributed by atoms with van der Waals surface area (Å²) < 4.78 is 12.8. The predicted molar refractivity (Wildman–Crippen MR) is 64.3 cm³/mol. The fraction of sp³-hybridized carbons (Fsp3) is 0.167. The third-order valence-electron chi connectivity index (χ3n) is 2.38. The molecule has 0 radical (unpaired) electrons. The Morgan fingerprint density at radius 2 is 2.00 bits per heavy atom. The number of rotatable bonds is 3. The van der Waals surface area contributed by atoms with Crippen molar-refractivity contribution >= 4 is 11.8 Å². The minimum Gasteiger partial charge on any atom is -0.383 e. The fourth-order valence-electron chi connectivity index (χ4n) is 1.51. The van der Waals surface area contributed by atoms with E-state index in [4.69, 9.17) is 0 Å². The summed E-state index contributed by atoms with van der Waals surface area (Å²) in [6, 6.07) is 5.75. The zero-order valence-corrected chi connectivity index (χ0v) is 9.99. The van der Waals surface area contributed by atoms with E-state index >= 15 is 0 Å². The van der Waals surface area contributed by atoms with Crippen LogP contribution in [0, 0.1) is 5.82 Å². The molecule has 1 heterocycles. The van der Waals surface area contributed by atoms with Gasteiger partial charge >= 0.3 is 0 Å². The van der Waals surface area contributed by atoms with E-state index in [0.717, 1.165) is 5.03 Å². The zero-order valence-electron chi connectivity index (χ0n) is 9.17. The van der Waals surface area contributed by atoms with Crippen molar-refractivity contribution in [2.24, 2.45) is 0 Å². The lowest BCUT2D eigenvalue weighted by Crippen LogP contribution is -2.03. The number of thioether (sulfide) groups is 1. The smallest absolute Gasteiger partial charge is 0.123 e. The maximum atomic E-state index is 12.8. The number of benzene rings is 1. The van der Waals surface area contributed by atoms with Gasteiger partial charge in [0, 0.05) is 11.8 Å². The van der Waals surface area contributed by atoms with Crippen LogP contribution in [0.2, 0.25) is 0 Å². The van der Waals surface area contributed by atoms with Crippen LogP contribution >= 0.6 is 11.8 Å². The monoisotopic (exact) mass is 250 g/mol. The number of hydrogen-bond acceptors (Lipinski definition) is 4. The van der Waals surface area contributed by atoms with Gasteiger partial charge in [0.2, 0.25) is 0 Å². The molecule has 2 rings (SSSR count). The highest BCUT2D eigenvalue weighted by molar-refractivity contribution is 7.98. The quantitative estimate of drug-likeness (QED) is 0.671. The Kier molecular flexibility index (Phi) is 3.71. The normalized spacial score (nSPS) is 12.4. The summed E-state index contributed by atoms with van der Waals surface area (Å²) in [5.41, 5.74) is 1.25. The largest absolute Gasteiger partial charge is 0.383 e. The van der Waals surface area contributed by atoms with E-state index in [1.54, 1.807) is 18.3 Å². The SMILES string of the molecule is CSc1ncncc1C(O)c1ccc(F)cc1. The zero-order chi connectivity index (χ0) is 12.3. The fourth-order valence-corrected chi connectivity index (χ4v) is 2.06. The third kappa shape index (κ3) is 2.62. The summed E-state index contributed by atoms with van der Waals surface area (Å²) >= 11 is 1.44. The van der Waals surface area contributed by atoms with E-state index < -0.39 is 6.10 Å². The summed E-state index contributed by atoms with van der Waals surface area (Å²) in [5.74, 6) is -0.324. The van der Waals surface area contributed by atoms with Crippen LogP contribution < -0.4 is 0 Å².